The molecule has 12 heteroatoms. The molecule has 0 radical (unpaired) electrons. The first-order valence-corrected chi connectivity index (χ1v) is 11.1. The molecule has 0 spiro atoms. The van der Waals surface area contributed by atoms with Crippen LogP contribution < -0.4 is 15.0 Å². The van der Waals surface area contributed by atoms with Crippen molar-refractivity contribution in [3.63, 3.8) is 0 Å². The summed E-state index contributed by atoms with van der Waals surface area (Å²) >= 11 is 5.94. The van der Waals surface area contributed by atoms with E-state index >= 15 is 0 Å². The number of hydrogen-bond donors (Lipinski definition) is 1. The lowest BCUT2D eigenvalue weighted by Gasteiger charge is -2.18. The lowest BCUT2D eigenvalue weighted by Crippen LogP contribution is -2.37. The Kier molecular flexibility index (Phi) is 7.66. The predicted molar refractivity (Wildman–Crippen MR) is 126 cm³/mol. The van der Waals surface area contributed by atoms with E-state index in [0.29, 0.717) is 41.7 Å². The number of fused-ring (bicyclic) bond motifs is 1. The lowest BCUT2D eigenvalue weighted by molar-refractivity contribution is 0.0935. The second-order valence-electron chi connectivity index (χ2n) is 7.58. The molecule has 1 amide bonds. The number of amides is 1. The minimum Gasteiger partial charge on any atom is -0.495 e. The summed E-state index contributed by atoms with van der Waals surface area (Å²) in [5, 5.41) is 7.52. The third kappa shape index (κ3) is 5.80. The number of nitrogens with zero attached hydrogens (tertiary/aromatic N) is 6. The van der Waals surface area contributed by atoms with Gasteiger partial charge >= 0.3 is 0 Å². The zero-order chi connectivity index (χ0) is 24.8. The van der Waals surface area contributed by atoms with Gasteiger partial charge in [-0.15, -0.1) is 5.10 Å². The summed E-state index contributed by atoms with van der Waals surface area (Å²) in [4.78, 5) is 26.2. The van der Waals surface area contributed by atoms with Crippen molar-refractivity contribution >= 4 is 29.0 Å². The molecule has 1 atom stereocenters. The van der Waals surface area contributed by atoms with E-state index in [9.17, 15) is 13.6 Å². The van der Waals surface area contributed by atoms with Crippen LogP contribution in [0.15, 0.2) is 61.2 Å². The number of halogens is 3. The van der Waals surface area contributed by atoms with Gasteiger partial charge in [-0.1, -0.05) is 17.7 Å². The quantitative estimate of drug-likeness (QED) is 0.444. The number of imidazole rings is 1. The molecule has 1 aliphatic rings. The molecule has 9 nitrogen and oxygen atoms in total. The Bertz CT molecular complexity index is 1260. The molecule has 1 saturated heterocycles. The largest absolute Gasteiger partial charge is 0.495 e. The second-order valence-corrected chi connectivity index (χ2v) is 7.99. The van der Waals surface area contributed by atoms with Crippen LogP contribution in [0.25, 0.3) is 5.65 Å². The van der Waals surface area contributed by atoms with Gasteiger partial charge in [0.2, 0.25) is 0 Å². The van der Waals surface area contributed by atoms with Gasteiger partial charge in [0.25, 0.3) is 12.3 Å². The highest BCUT2D eigenvalue weighted by Gasteiger charge is 2.26. The zero-order valence-electron chi connectivity index (χ0n) is 18.7. The SMILES string of the molecule is COc1cc(C(=O)N[C@H]2CCN(c3ccc4ncc(C(F)F)n4n3)C2)ncc1Cl.c1ccncc1. The molecule has 5 rings (SSSR count). The normalized spacial score (nSPS) is 15.1. The number of pyridine rings is 2. The highest BCUT2D eigenvalue weighted by molar-refractivity contribution is 6.32. The van der Waals surface area contributed by atoms with Gasteiger partial charge in [-0.25, -0.2) is 23.3 Å². The van der Waals surface area contributed by atoms with E-state index in [2.05, 4.69) is 25.4 Å². The van der Waals surface area contributed by atoms with Gasteiger partial charge in [0.1, 0.15) is 28.0 Å². The summed E-state index contributed by atoms with van der Waals surface area (Å²) in [6, 6.07) is 10.4. The van der Waals surface area contributed by atoms with Gasteiger partial charge in [0, 0.05) is 37.6 Å². The van der Waals surface area contributed by atoms with Crippen molar-refractivity contribution in [2.45, 2.75) is 18.9 Å². The molecule has 182 valence electrons. The van der Waals surface area contributed by atoms with E-state index in [1.807, 2.05) is 23.1 Å². The molecular formula is C23H22ClF2N7O2. The Morgan fingerprint density at radius 3 is 2.66 bits per heavy atom. The van der Waals surface area contributed by atoms with Crippen LogP contribution in [0.1, 0.15) is 29.0 Å². The number of rotatable bonds is 5. The summed E-state index contributed by atoms with van der Waals surface area (Å²) in [6.07, 6.45) is 4.00. The molecule has 4 aromatic heterocycles. The Hall–Kier alpha value is -3.86. The van der Waals surface area contributed by atoms with E-state index in [4.69, 9.17) is 16.3 Å². The third-order valence-electron chi connectivity index (χ3n) is 5.28. The van der Waals surface area contributed by atoms with Crippen LogP contribution in [0, 0.1) is 0 Å². The average Bonchev–Trinajstić information content (AvgIpc) is 3.52. The highest BCUT2D eigenvalue weighted by Crippen LogP contribution is 2.25. The number of methoxy groups -OCH3 is 1. The van der Waals surface area contributed by atoms with Gasteiger partial charge in [-0.05, 0) is 30.7 Å². The van der Waals surface area contributed by atoms with E-state index < -0.39 is 6.43 Å². The van der Waals surface area contributed by atoms with Crippen LogP contribution in [-0.2, 0) is 0 Å². The first-order valence-electron chi connectivity index (χ1n) is 10.7. The number of aromatic nitrogens is 5. The predicted octanol–water partition coefficient (Wildman–Crippen LogP) is 3.81. The molecule has 4 aromatic rings. The van der Waals surface area contributed by atoms with Gasteiger partial charge in [-0.3, -0.25) is 9.78 Å². The number of alkyl halides is 2. The van der Waals surface area contributed by atoms with Crippen molar-refractivity contribution in [3.8, 4) is 5.75 Å². The number of hydrogen-bond acceptors (Lipinski definition) is 7. The van der Waals surface area contributed by atoms with Gasteiger partial charge in [-0.2, -0.15) is 0 Å². The Balaban J connectivity index is 0.000000421. The summed E-state index contributed by atoms with van der Waals surface area (Å²) < 4.78 is 32.5. The fraction of sp³-hybridized carbons (Fsp3) is 0.261. The average molecular weight is 502 g/mol. The highest BCUT2D eigenvalue weighted by atomic mass is 35.5. The second kappa shape index (κ2) is 11.0. The summed E-state index contributed by atoms with van der Waals surface area (Å²) in [7, 11) is 1.46. The van der Waals surface area contributed by atoms with Crippen molar-refractivity contribution < 1.29 is 18.3 Å². The van der Waals surface area contributed by atoms with Crippen molar-refractivity contribution in [3.05, 3.63) is 77.6 Å². The summed E-state index contributed by atoms with van der Waals surface area (Å²) in [5.74, 6) is 0.567. The number of carbonyl (C=O) groups is 1. The van der Waals surface area contributed by atoms with E-state index in [0.717, 1.165) is 10.7 Å². The van der Waals surface area contributed by atoms with Gasteiger partial charge in [0.15, 0.2) is 5.65 Å². The van der Waals surface area contributed by atoms with Crippen LogP contribution in [-0.4, -0.2) is 56.7 Å². The van der Waals surface area contributed by atoms with Crippen LogP contribution >= 0.6 is 11.6 Å². The fourth-order valence-corrected chi connectivity index (χ4v) is 3.74. The minimum absolute atomic E-state index is 0.138. The van der Waals surface area contributed by atoms with Gasteiger partial charge < -0.3 is 15.0 Å². The maximum absolute atomic E-state index is 13.1. The molecule has 5 heterocycles. The maximum Gasteiger partial charge on any atom is 0.282 e. The fourth-order valence-electron chi connectivity index (χ4n) is 3.56. The van der Waals surface area contributed by atoms with E-state index in [1.165, 1.54) is 19.4 Å². The number of anilines is 1. The number of carbonyl (C=O) groups excluding carboxylic acids is 1. The van der Waals surface area contributed by atoms with Gasteiger partial charge in [0.05, 0.1) is 19.5 Å². The Morgan fingerprint density at radius 1 is 1.20 bits per heavy atom. The van der Waals surface area contributed by atoms with Crippen LogP contribution in [0.3, 0.4) is 0 Å². The molecule has 0 unspecified atom stereocenters. The molecule has 0 aliphatic carbocycles. The topological polar surface area (TPSA) is 97.5 Å². The first-order chi connectivity index (χ1) is 17.0. The van der Waals surface area contributed by atoms with Crippen LogP contribution in [0.2, 0.25) is 5.02 Å². The summed E-state index contributed by atoms with van der Waals surface area (Å²) in [6.45, 7) is 1.12. The van der Waals surface area contributed by atoms with Crippen molar-refractivity contribution in [1.29, 1.82) is 0 Å². The molecule has 1 N–H and O–H groups in total. The van der Waals surface area contributed by atoms with Crippen LogP contribution in [0.4, 0.5) is 14.6 Å². The molecule has 35 heavy (non-hydrogen) atoms. The van der Waals surface area contributed by atoms with Crippen molar-refractivity contribution in [2.24, 2.45) is 0 Å². The molecule has 1 aliphatic heterocycles. The number of nitrogens with one attached hydrogen (secondary N) is 1. The molecule has 0 bridgehead atoms. The Morgan fingerprint density at radius 2 is 2.00 bits per heavy atom. The lowest BCUT2D eigenvalue weighted by atomic mass is 10.2. The number of ether oxygens (including phenoxy) is 1. The van der Waals surface area contributed by atoms with E-state index in [1.54, 1.807) is 24.5 Å². The third-order valence-corrected chi connectivity index (χ3v) is 5.57. The molecule has 0 aromatic carbocycles. The minimum atomic E-state index is -2.66. The molecule has 0 saturated carbocycles. The standard InChI is InChI=1S/C18H17ClF2N6O2.C5H5N/c1-29-14-6-12(22-7-11(14)19)18(28)24-10-4-5-26(9-10)16-3-2-15-23-8-13(17(20)21)27(15)25-16;1-2-4-6-5-3-1/h2-3,6-8,10,17H,4-5,9H2,1H3,(H,24,28);1-5H/t10-;/m0./s1. The monoisotopic (exact) mass is 501 g/mol. The van der Waals surface area contributed by atoms with Crippen molar-refractivity contribution in [1.82, 2.24) is 29.9 Å². The van der Waals surface area contributed by atoms with Crippen molar-refractivity contribution in [2.75, 3.05) is 25.1 Å². The molecular weight excluding hydrogens is 480 g/mol. The zero-order valence-corrected chi connectivity index (χ0v) is 19.4. The smallest absolute Gasteiger partial charge is 0.282 e. The summed E-state index contributed by atoms with van der Waals surface area (Å²) in [5.41, 5.74) is 0.300. The van der Waals surface area contributed by atoms with Crippen LogP contribution in [0.5, 0.6) is 5.75 Å². The first kappa shape index (κ1) is 24.3. The Labute approximate surface area is 204 Å². The van der Waals surface area contributed by atoms with E-state index in [-0.39, 0.29) is 23.3 Å². The maximum atomic E-state index is 13.1. The molecule has 1 fully saturated rings.